The average molecular weight is 235 g/mol. The lowest BCUT2D eigenvalue weighted by Crippen LogP contribution is -2.41. The third kappa shape index (κ3) is 2.57. The lowest BCUT2D eigenvalue weighted by molar-refractivity contribution is 0.0303. The normalized spacial score (nSPS) is 15.8. The quantitative estimate of drug-likeness (QED) is 0.586. The summed E-state index contributed by atoms with van der Waals surface area (Å²) in [7, 11) is 0. The molecule has 0 bridgehead atoms. The van der Waals surface area contributed by atoms with E-state index in [2.05, 4.69) is 5.43 Å². The predicted molar refractivity (Wildman–Crippen MR) is 65.7 cm³/mol. The topological polar surface area (TPSA) is 67.6 Å². The molecule has 1 aliphatic rings. The van der Waals surface area contributed by atoms with Gasteiger partial charge < -0.3 is 15.1 Å². The first-order chi connectivity index (χ1) is 8.22. The van der Waals surface area contributed by atoms with Crippen LogP contribution >= 0.6 is 0 Å². The number of amides is 1. The number of nitrogens with two attached hydrogens (primary N) is 1. The molecule has 1 aromatic rings. The lowest BCUT2D eigenvalue weighted by atomic mass is 10.1. The first kappa shape index (κ1) is 11.9. The van der Waals surface area contributed by atoms with Crippen molar-refractivity contribution < 1.29 is 9.53 Å². The molecule has 1 aliphatic heterocycles. The van der Waals surface area contributed by atoms with Crippen molar-refractivity contribution in [3.8, 4) is 0 Å². The average Bonchev–Trinajstić information content (AvgIpc) is 2.39. The Hall–Kier alpha value is -1.59. The van der Waals surface area contributed by atoms with Crippen molar-refractivity contribution in [1.82, 2.24) is 4.90 Å². The maximum absolute atomic E-state index is 12.3. The van der Waals surface area contributed by atoms with Crippen molar-refractivity contribution in [2.45, 2.75) is 6.92 Å². The van der Waals surface area contributed by atoms with Gasteiger partial charge in [0.05, 0.1) is 24.5 Å². The molecule has 3 N–H and O–H groups in total. The second kappa shape index (κ2) is 5.16. The highest BCUT2D eigenvalue weighted by atomic mass is 16.5. The monoisotopic (exact) mass is 235 g/mol. The maximum atomic E-state index is 12.3. The van der Waals surface area contributed by atoms with Gasteiger partial charge >= 0.3 is 0 Å². The number of hydrazine groups is 1. The molecule has 5 nitrogen and oxygen atoms in total. The van der Waals surface area contributed by atoms with Gasteiger partial charge in [-0.15, -0.1) is 0 Å². The van der Waals surface area contributed by atoms with Gasteiger partial charge in [0.15, 0.2) is 0 Å². The second-order valence-corrected chi connectivity index (χ2v) is 4.10. The summed E-state index contributed by atoms with van der Waals surface area (Å²) in [5.74, 6) is 5.43. The van der Waals surface area contributed by atoms with Crippen LogP contribution in [0.15, 0.2) is 18.2 Å². The minimum atomic E-state index is 0.00458. The smallest absolute Gasteiger partial charge is 0.256 e. The number of carbonyl (C=O) groups is 1. The van der Waals surface area contributed by atoms with E-state index in [1.165, 1.54) is 0 Å². The number of hydrogen-bond acceptors (Lipinski definition) is 4. The largest absolute Gasteiger partial charge is 0.378 e. The predicted octanol–water partition coefficient (Wildman–Crippen LogP) is 0.753. The molecule has 0 radical (unpaired) electrons. The van der Waals surface area contributed by atoms with Crippen LogP contribution in [0, 0.1) is 6.92 Å². The van der Waals surface area contributed by atoms with Crippen LogP contribution in [-0.2, 0) is 4.74 Å². The van der Waals surface area contributed by atoms with E-state index in [0.717, 1.165) is 5.56 Å². The molecule has 1 heterocycles. The van der Waals surface area contributed by atoms with Gasteiger partial charge in [-0.2, -0.15) is 0 Å². The minimum Gasteiger partial charge on any atom is -0.378 e. The summed E-state index contributed by atoms with van der Waals surface area (Å²) in [6.07, 6.45) is 0. The zero-order chi connectivity index (χ0) is 12.3. The summed E-state index contributed by atoms with van der Waals surface area (Å²) in [5.41, 5.74) is 4.89. The van der Waals surface area contributed by atoms with Gasteiger partial charge in [-0.25, -0.2) is 0 Å². The number of hydrogen-bond donors (Lipinski definition) is 2. The van der Waals surface area contributed by atoms with Crippen molar-refractivity contribution >= 4 is 11.6 Å². The van der Waals surface area contributed by atoms with Gasteiger partial charge in [-0.3, -0.25) is 10.6 Å². The summed E-state index contributed by atoms with van der Waals surface area (Å²) in [4.78, 5) is 14.1. The molecule has 5 heteroatoms. The van der Waals surface area contributed by atoms with Crippen molar-refractivity contribution in [1.29, 1.82) is 0 Å². The van der Waals surface area contributed by atoms with Crippen LogP contribution in [0.1, 0.15) is 15.9 Å². The Morgan fingerprint density at radius 3 is 2.76 bits per heavy atom. The first-order valence-electron chi connectivity index (χ1n) is 5.66. The zero-order valence-electron chi connectivity index (χ0n) is 9.90. The fourth-order valence-corrected chi connectivity index (χ4v) is 1.90. The van der Waals surface area contributed by atoms with E-state index in [0.29, 0.717) is 37.6 Å². The van der Waals surface area contributed by atoms with Gasteiger partial charge in [-0.1, -0.05) is 11.6 Å². The highest BCUT2D eigenvalue weighted by molar-refractivity contribution is 5.99. The maximum Gasteiger partial charge on any atom is 0.256 e. The molecule has 0 spiro atoms. The number of aryl methyl sites for hydroxylation is 1. The number of rotatable bonds is 2. The Kier molecular flexibility index (Phi) is 3.61. The van der Waals surface area contributed by atoms with E-state index >= 15 is 0 Å². The van der Waals surface area contributed by atoms with Crippen LogP contribution < -0.4 is 11.3 Å². The summed E-state index contributed by atoms with van der Waals surface area (Å²) in [6.45, 7) is 4.43. The van der Waals surface area contributed by atoms with Crippen molar-refractivity contribution in [2.75, 3.05) is 31.7 Å². The van der Waals surface area contributed by atoms with E-state index < -0.39 is 0 Å². The Morgan fingerprint density at radius 1 is 1.41 bits per heavy atom. The number of nitrogen functional groups attached to an aromatic ring is 1. The van der Waals surface area contributed by atoms with Crippen LogP contribution in [-0.4, -0.2) is 37.1 Å². The molecule has 1 amide bonds. The number of nitrogens with one attached hydrogen (secondary N) is 1. The van der Waals surface area contributed by atoms with Gasteiger partial charge in [0, 0.05) is 13.1 Å². The Bertz CT molecular complexity index is 414. The molecule has 0 saturated carbocycles. The standard InChI is InChI=1S/C12H17N3O2/c1-9-2-3-11(14-13)10(8-9)12(16)15-4-6-17-7-5-15/h2-3,8,14H,4-7,13H2,1H3. The number of anilines is 1. The van der Waals surface area contributed by atoms with E-state index in [1.807, 2.05) is 25.1 Å². The molecule has 2 rings (SSSR count). The lowest BCUT2D eigenvalue weighted by Gasteiger charge is -2.27. The van der Waals surface area contributed by atoms with E-state index in [-0.39, 0.29) is 5.91 Å². The summed E-state index contributed by atoms with van der Waals surface area (Å²) in [5, 5.41) is 0. The number of nitrogens with zero attached hydrogens (tertiary/aromatic N) is 1. The Labute approximate surface area is 101 Å². The van der Waals surface area contributed by atoms with E-state index in [9.17, 15) is 4.79 Å². The third-order valence-electron chi connectivity index (χ3n) is 2.86. The highest BCUT2D eigenvalue weighted by Crippen LogP contribution is 2.19. The van der Waals surface area contributed by atoms with Crippen molar-refractivity contribution in [3.63, 3.8) is 0 Å². The molecule has 0 atom stereocenters. The van der Waals surface area contributed by atoms with Crippen LogP contribution in [0.4, 0.5) is 5.69 Å². The molecule has 1 aromatic carbocycles. The molecule has 1 saturated heterocycles. The molecule has 0 unspecified atom stereocenters. The number of morpholine rings is 1. The van der Waals surface area contributed by atoms with Gasteiger partial charge in [-0.05, 0) is 19.1 Å². The summed E-state index contributed by atoms with van der Waals surface area (Å²) >= 11 is 0. The Balaban J connectivity index is 2.25. The SMILES string of the molecule is Cc1ccc(NN)c(C(=O)N2CCOCC2)c1. The second-order valence-electron chi connectivity index (χ2n) is 4.10. The molecule has 17 heavy (non-hydrogen) atoms. The van der Waals surface area contributed by atoms with Crippen molar-refractivity contribution in [3.05, 3.63) is 29.3 Å². The summed E-state index contributed by atoms with van der Waals surface area (Å²) < 4.78 is 5.23. The van der Waals surface area contributed by atoms with Crippen LogP contribution in [0.5, 0.6) is 0 Å². The fourth-order valence-electron chi connectivity index (χ4n) is 1.90. The van der Waals surface area contributed by atoms with Crippen LogP contribution in [0.25, 0.3) is 0 Å². The highest BCUT2D eigenvalue weighted by Gasteiger charge is 2.20. The van der Waals surface area contributed by atoms with E-state index in [1.54, 1.807) is 4.90 Å². The number of ether oxygens (including phenoxy) is 1. The fraction of sp³-hybridized carbons (Fsp3) is 0.417. The van der Waals surface area contributed by atoms with E-state index in [4.69, 9.17) is 10.6 Å². The van der Waals surface area contributed by atoms with Gasteiger partial charge in [0.1, 0.15) is 0 Å². The summed E-state index contributed by atoms with van der Waals surface area (Å²) in [6, 6.07) is 5.60. The molecule has 1 fully saturated rings. The number of benzene rings is 1. The van der Waals surface area contributed by atoms with Gasteiger partial charge in [0.2, 0.25) is 0 Å². The zero-order valence-corrected chi connectivity index (χ0v) is 9.90. The van der Waals surface area contributed by atoms with Crippen molar-refractivity contribution in [2.24, 2.45) is 5.84 Å². The molecular weight excluding hydrogens is 218 g/mol. The molecule has 0 aromatic heterocycles. The van der Waals surface area contributed by atoms with Gasteiger partial charge in [0.25, 0.3) is 5.91 Å². The van der Waals surface area contributed by atoms with Crippen LogP contribution in [0.2, 0.25) is 0 Å². The Morgan fingerprint density at radius 2 is 2.12 bits per heavy atom. The third-order valence-corrected chi connectivity index (χ3v) is 2.86. The molecule has 92 valence electrons. The van der Waals surface area contributed by atoms with Crippen LogP contribution in [0.3, 0.4) is 0 Å². The molecular formula is C12H17N3O2. The minimum absolute atomic E-state index is 0.00458. The number of carbonyl (C=O) groups excluding carboxylic acids is 1. The first-order valence-corrected chi connectivity index (χ1v) is 5.66. The molecule has 0 aliphatic carbocycles.